The lowest BCUT2D eigenvalue weighted by Crippen LogP contribution is -2.13. The van der Waals surface area contributed by atoms with Crippen molar-refractivity contribution in [1.82, 2.24) is 9.97 Å². The molecule has 0 saturated heterocycles. The lowest BCUT2D eigenvalue weighted by atomic mass is 10.2. The van der Waals surface area contributed by atoms with Crippen LogP contribution in [0.2, 0.25) is 5.02 Å². The van der Waals surface area contributed by atoms with Gasteiger partial charge in [0.25, 0.3) is 10.0 Å². The summed E-state index contributed by atoms with van der Waals surface area (Å²) in [7, 11) is -4.00. The Morgan fingerprint density at radius 1 is 1.27 bits per heavy atom. The van der Waals surface area contributed by atoms with Crippen LogP contribution in [0.3, 0.4) is 0 Å². The molecule has 0 aliphatic rings. The Kier molecular flexibility index (Phi) is 5.35. The quantitative estimate of drug-likeness (QED) is 0.648. The Bertz CT molecular complexity index is 1010. The van der Waals surface area contributed by atoms with Gasteiger partial charge in [0.1, 0.15) is 5.75 Å². The highest BCUT2D eigenvalue weighted by Gasteiger charge is 2.19. The monoisotopic (exact) mass is 417 g/mol. The molecule has 0 aliphatic carbocycles. The second-order valence-electron chi connectivity index (χ2n) is 4.86. The van der Waals surface area contributed by atoms with E-state index in [1.54, 1.807) is 29.9 Å². The molecule has 0 fully saturated rings. The molecule has 0 saturated carbocycles. The minimum atomic E-state index is -4.00. The maximum absolute atomic E-state index is 12.4. The third-order valence-corrected chi connectivity index (χ3v) is 5.63. The molecule has 0 bridgehead atoms. The Morgan fingerprint density at radius 2 is 2.08 bits per heavy atom. The van der Waals surface area contributed by atoms with Crippen LogP contribution < -0.4 is 9.46 Å². The first-order valence-electron chi connectivity index (χ1n) is 6.98. The molecule has 0 unspecified atom stereocenters. The topological polar surface area (TPSA) is 81.2 Å². The van der Waals surface area contributed by atoms with E-state index in [9.17, 15) is 17.2 Å². The van der Waals surface area contributed by atoms with Gasteiger partial charge in [-0.1, -0.05) is 11.6 Å². The first-order chi connectivity index (χ1) is 12.3. The summed E-state index contributed by atoms with van der Waals surface area (Å²) in [6.07, 6.45) is 3.22. The van der Waals surface area contributed by atoms with Crippen molar-refractivity contribution < 1.29 is 21.9 Å². The van der Waals surface area contributed by atoms with Gasteiger partial charge in [-0.05, 0) is 30.3 Å². The molecule has 2 aromatic heterocycles. The fourth-order valence-electron chi connectivity index (χ4n) is 1.98. The van der Waals surface area contributed by atoms with Gasteiger partial charge in [0.05, 0.1) is 15.6 Å². The minimum absolute atomic E-state index is 0.146. The third-order valence-electron chi connectivity index (χ3n) is 3.11. The number of hydrogen-bond donors (Lipinski definition) is 1. The van der Waals surface area contributed by atoms with E-state index in [1.807, 2.05) is 0 Å². The number of nitrogens with zero attached hydrogens (tertiary/aromatic N) is 2. The van der Waals surface area contributed by atoms with Crippen molar-refractivity contribution in [2.24, 2.45) is 0 Å². The molecule has 1 N–H and O–H groups in total. The summed E-state index contributed by atoms with van der Waals surface area (Å²) in [6, 6.07) is 6.73. The van der Waals surface area contributed by atoms with E-state index in [-0.39, 0.29) is 20.8 Å². The van der Waals surface area contributed by atoms with Crippen molar-refractivity contribution in [1.29, 1.82) is 0 Å². The molecule has 1 aromatic carbocycles. The van der Waals surface area contributed by atoms with Gasteiger partial charge in [0, 0.05) is 23.3 Å². The largest absolute Gasteiger partial charge is 0.433 e. The van der Waals surface area contributed by atoms with Gasteiger partial charge in [-0.2, -0.15) is 8.78 Å². The Hall–Kier alpha value is -2.30. The van der Waals surface area contributed by atoms with E-state index in [2.05, 4.69) is 19.4 Å². The number of pyridine rings is 1. The average molecular weight is 418 g/mol. The van der Waals surface area contributed by atoms with Crippen LogP contribution in [0, 0.1) is 0 Å². The van der Waals surface area contributed by atoms with Crippen molar-refractivity contribution >= 4 is 38.1 Å². The molecule has 3 rings (SSSR count). The molecular weight excluding hydrogens is 408 g/mol. The number of anilines is 1. The highest BCUT2D eigenvalue weighted by molar-refractivity contribution is 7.93. The molecule has 0 spiro atoms. The zero-order chi connectivity index (χ0) is 18.7. The molecule has 0 radical (unpaired) electrons. The molecule has 0 aliphatic heterocycles. The lowest BCUT2D eigenvalue weighted by molar-refractivity contribution is -0.0498. The van der Waals surface area contributed by atoms with Crippen molar-refractivity contribution in [3.05, 3.63) is 53.1 Å². The zero-order valence-corrected chi connectivity index (χ0v) is 15.2. The molecule has 2 heterocycles. The number of halogens is 3. The number of hydrogen-bond acceptors (Lipinski definition) is 6. The van der Waals surface area contributed by atoms with Gasteiger partial charge in [-0.25, -0.2) is 13.4 Å². The second kappa shape index (κ2) is 7.52. The Balaban J connectivity index is 1.81. The number of sulfonamides is 1. The predicted molar refractivity (Wildman–Crippen MR) is 94.2 cm³/mol. The van der Waals surface area contributed by atoms with Gasteiger partial charge in [-0.15, -0.1) is 11.3 Å². The van der Waals surface area contributed by atoms with Gasteiger partial charge < -0.3 is 4.74 Å². The number of benzene rings is 1. The van der Waals surface area contributed by atoms with Gasteiger partial charge in [-0.3, -0.25) is 9.71 Å². The van der Waals surface area contributed by atoms with Crippen LogP contribution >= 0.6 is 22.9 Å². The smallest absolute Gasteiger partial charge is 0.387 e. The van der Waals surface area contributed by atoms with Gasteiger partial charge in [0.15, 0.2) is 5.13 Å². The fraction of sp³-hybridized carbons (Fsp3) is 0.0667. The van der Waals surface area contributed by atoms with Crippen molar-refractivity contribution in [3.8, 4) is 17.0 Å². The van der Waals surface area contributed by atoms with Crippen molar-refractivity contribution in [3.63, 3.8) is 0 Å². The SMILES string of the molecule is O=S(=O)(Nc1nc(-c2cccnc2)cs1)c1ccc(OC(F)F)c(Cl)c1. The number of ether oxygens (including phenoxy) is 1. The predicted octanol–water partition coefficient (Wildman–Crippen LogP) is 4.26. The van der Waals surface area contributed by atoms with Crippen molar-refractivity contribution in [2.75, 3.05) is 4.72 Å². The van der Waals surface area contributed by atoms with E-state index in [1.165, 1.54) is 0 Å². The van der Waals surface area contributed by atoms with Crippen LogP contribution in [0.25, 0.3) is 11.3 Å². The normalized spacial score (nSPS) is 11.5. The maximum Gasteiger partial charge on any atom is 0.387 e. The first-order valence-corrected chi connectivity index (χ1v) is 9.72. The number of nitrogens with one attached hydrogen (secondary N) is 1. The molecule has 0 amide bonds. The molecular formula is C15H10ClF2N3O3S2. The summed E-state index contributed by atoms with van der Waals surface area (Å²) < 4.78 is 55.9. The van der Waals surface area contributed by atoms with Crippen molar-refractivity contribution in [2.45, 2.75) is 11.5 Å². The Morgan fingerprint density at radius 3 is 2.73 bits per heavy atom. The average Bonchev–Trinajstić information content (AvgIpc) is 3.05. The van der Waals surface area contributed by atoms with Gasteiger partial charge in [0.2, 0.25) is 0 Å². The summed E-state index contributed by atoms with van der Waals surface area (Å²) >= 11 is 6.89. The summed E-state index contributed by atoms with van der Waals surface area (Å²) in [6.45, 7) is -3.06. The molecule has 11 heteroatoms. The molecule has 136 valence electrons. The summed E-state index contributed by atoms with van der Waals surface area (Å²) in [5.41, 5.74) is 1.31. The molecule has 26 heavy (non-hydrogen) atoms. The number of aromatic nitrogens is 2. The summed E-state index contributed by atoms with van der Waals surface area (Å²) in [5.74, 6) is -0.311. The number of rotatable bonds is 6. The van der Waals surface area contributed by atoms with Gasteiger partial charge >= 0.3 is 6.61 Å². The molecule has 3 aromatic rings. The number of thiazole rings is 1. The van der Waals surface area contributed by atoms with Crippen LogP contribution in [0.4, 0.5) is 13.9 Å². The fourth-order valence-corrected chi connectivity index (χ4v) is 4.27. The van der Waals surface area contributed by atoms with E-state index < -0.39 is 16.6 Å². The van der Waals surface area contributed by atoms with Crippen LogP contribution in [0.5, 0.6) is 5.75 Å². The van der Waals surface area contributed by atoms with Crippen LogP contribution in [-0.2, 0) is 10.0 Å². The third kappa shape index (κ3) is 4.26. The van der Waals surface area contributed by atoms with Crippen LogP contribution in [-0.4, -0.2) is 25.0 Å². The molecule has 0 atom stereocenters. The minimum Gasteiger partial charge on any atom is -0.433 e. The molecule has 6 nitrogen and oxygen atoms in total. The van der Waals surface area contributed by atoms with Crippen LogP contribution in [0.1, 0.15) is 0 Å². The zero-order valence-electron chi connectivity index (χ0n) is 12.8. The standard InChI is InChI=1S/C15H10ClF2N3O3S2/c16-11-6-10(3-4-13(11)24-14(17)18)26(22,23)21-15-20-12(8-25-15)9-2-1-5-19-7-9/h1-8,14H,(H,20,21). The highest BCUT2D eigenvalue weighted by Crippen LogP contribution is 2.30. The first kappa shape index (κ1) is 18.5. The number of alkyl halides is 2. The van der Waals surface area contributed by atoms with E-state index in [0.29, 0.717) is 5.69 Å². The highest BCUT2D eigenvalue weighted by atomic mass is 35.5. The van der Waals surface area contributed by atoms with Crippen LogP contribution in [0.15, 0.2) is 53.0 Å². The van der Waals surface area contributed by atoms with E-state index in [0.717, 1.165) is 35.1 Å². The van der Waals surface area contributed by atoms with E-state index in [4.69, 9.17) is 11.6 Å². The summed E-state index contributed by atoms with van der Waals surface area (Å²) in [4.78, 5) is 7.97. The Labute approximate surface area is 156 Å². The summed E-state index contributed by atoms with van der Waals surface area (Å²) in [5, 5.41) is 1.58. The second-order valence-corrected chi connectivity index (χ2v) is 7.80. The lowest BCUT2D eigenvalue weighted by Gasteiger charge is -2.09. The van der Waals surface area contributed by atoms with E-state index >= 15 is 0 Å². The maximum atomic E-state index is 12.4.